The van der Waals surface area contributed by atoms with Crippen molar-refractivity contribution >= 4 is 49.4 Å². The zero-order valence-electron chi connectivity index (χ0n) is 9.37. The van der Waals surface area contributed by atoms with Crippen LogP contribution >= 0.6 is 31.9 Å². The predicted octanol–water partition coefficient (Wildman–Crippen LogP) is 2.77. The minimum absolute atomic E-state index is 0.0761. The van der Waals surface area contributed by atoms with Crippen molar-refractivity contribution in [3.8, 4) is 0 Å². The zero-order valence-corrected chi connectivity index (χ0v) is 12.5. The van der Waals surface area contributed by atoms with Gasteiger partial charge in [0.15, 0.2) is 0 Å². The summed E-state index contributed by atoms with van der Waals surface area (Å²) in [6, 6.07) is 3.25. The van der Waals surface area contributed by atoms with Gasteiger partial charge in [-0.05, 0) is 40.9 Å². The van der Waals surface area contributed by atoms with Crippen molar-refractivity contribution < 1.29 is 9.59 Å². The van der Waals surface area contributed by atoms with Crippen molar-refractivity contribution in [2.75, 3.05) is 11.9 Å². The Morgan fingerprint density at radius 2 is 2.06 bits per heavy atom. The Morgan fingerprint density at radius 3 is 2.83 bits per heavy atom. The van der Waals surface area contributed by atoms with E-state index in [1.165, 1.54) is 0 Å². The molecule has 1 fully saturated rings. The van der Waals surface area contributed by atoms with Crippen LogP contribution in [0.1, 0.15) is 23.2 Å². The van der Waals surface area contributed by atoms with Crippen LogP contribution in [0.15, 0.2) is 21.1 Å². The van der Waals surface area contributed by atoms with Crippen LogP contribution in [-0.2, 0) is 4.79 Å². The fraction of sp³-hybridized carbons (Fsp3) is 0.333. The summed E-state index contributed by atoms with van der Waals surface area (Å²) >= 11 is 6.76. The molecule has 2 amide bonds. The van der Waals surface area contributed by atoms with Gasteiger partial charge in [-0.25, -0.2) is 0 Å². The minimum atomic E-state index is -0.324. The van der Waals surface area contributed by atoms with Crippen molar-refractivity contribution in [3.63, 3.8) is 0 Å². The van der Waals surface area contributed by atoms with Crippen LogP contribution in [0.2, 0.25) is 0 Å². The van der Waals surface area contributed by atoms with Crippen molar-refractivity contribution in [1.29, 1.82) is 0 Å². The fourth-order valence-electron chi connectivity index (χ4n) is 2.51. The third-order valence-electron chi connectivity index (χ3n) is 3.35. The third kappa shape index (κ3) is 1.78. The van der Waals surface area contributed by atoms with Gasteiger partial charge in [0, 0.05) is 15.5 Å². The fourth-order valence-corrected chi connectivity index (χ4v) is 3.84. The Labute approximate surface area is 121 Å². The molecular formula is C12H10Br2N2O2. The largest absolute Gasteiger partial charge is 0.327 e. The summed E-state index contributed by atoms with van der Waals surface area (Å²) in [5.41, 5.74) is 1.11. The molecule has 0 bridgehead atoms. The van der Waals surface area contributed by atoms with Crippen LogP contribution in [-0.4, -0.2) is 29.3 Å². The molecule has 1 atom stereocenters. The monoisotopic (exact) mass is 372 g/mol. The predicted molar refractivity (Wildman–Crippen MR) is 74.5 cm³/mol. The van der Waals surface area contributed by atoms with Crippen molar-refractivity contribution in [3.05, 3.63) is 26.6 Å². The number of benzene rings is 1. The average Bonchev–Trinajstić information content (AvgIpc) is 2.76. The zero-order chi connectivity index (χ0) is 12.9. The SMILES string of the molecule is O=C1Nc2c(Br)cc(Br)cc2C(=O)N2CCC[C@@H]12. The second-order valence-corrected chi connectivity index (χ2v) is 6.23. The Kier molecular flexibility index (Phi) is 2.94. The standard InChI is InChI=1S/C12H10Br2N2O2/c13-6-4-7-10(8(14)5-6)15-11(17)9-2-1-3-16(9)12(7)18/h4-5,9H,1-3H2,(H,15,17)/t9-/m0/s1. The molecule has 1 aromatic rings. The van der Waals surface area contributed by atoms with Crippen LogP contribution < -0.4 is 5.32 Å². The minimum Gasteiger partial charge on any atom is -0.327 e. The molecule has 1 N–H and O–H groups in total. The van der Waals surface area contributed by atoms with E-state index in [9.17, 15) is 9.59 Å². The highest BCUT2D eigenvalue weighted by atomic mass is 79.9. The molecule has 0 unspecified atom stereocenters. The Balaban J connectivity index is 2.17. The summed E-state index contributed by atoms with van der Waals surface area (Å²) in [6.07, 6.45) is 1.62. The molecule has 2 heterocycles. The smallest absolute Gasteiger partial charge is 0.256 e. The first-order chi connectivity index (χ1) is 8.58. The summed E-state index contributed by atoms with van der Waals surface area (Å²) in [6.45, 7) is 0.653. The molecule has 1 aromatic carbocycles. The number of fused-ring (bicyclic) bond motifs is 2. The number of anilines is 1. The maximum absolute atomic E-state index is 12.5. The van der Waals surface area contributed by atoms with Gasteiger partial charge in [-0.2, -0.15) is 0 Å². The van der Waals surface area contributed by atoms with Gasteiger partial charge in [-0.15, -0.1) is 0 Å². The van der Waals surface area contributed by atoms with Crippen molar-refractivity contribution in [2.45, 2.75) is 18.9 Å². The molecule has 94 valence electrons. The first-order valence-corrected chi connectivity index (χ1v) is 7.27. The number of nitrogens with one attached hydrogen (secondary N) is 1. The average molecular weight is 374 g/mol. The molecule has 0 saturated carbocycles. The first-order valence-electron chi connectivity index (χ1n) is 5.69. The molecule has 0 radical (unpaired) electrons. The molecule has 6 heteroatoms. The number of amides is 2. The van der Waals surface area contributed by atoms with E-state index in [4.69, 9.17) is 0 Å². The van der Waals surface area contributed by atoms with E-state index in [0.717, 1.165) is 21.8 Å². The van der Waals surface area contributed by atoms with Crippen LogP contribution in [0.25, 0.3) is 0 Å². The highest BCUT2D eigenvalue weighted by Crippen LogP contribution is 2.35. The number of hydrogen-bond donors (Lipinski definition) is 1. The van der Waals surface area contributed by atoms with Gasteiger partial charge in [0.1, 0.15) is 6.04 Å². The van der Waals surface area contributed by atoms with Crippen molar-refractivity contribution in [2.24, 2.45) is 0 Å². The van der Waals surface area contributed by atoms with E-state index < -0.39 is 0 Å². The molecule has 0 spiro atoms. The highest BCUT2D eigenvalue weighted by Gasteiger charge is 2.38. The molecule has 0 aliphatic carbocycles. The Hall–Kier alpha value is -0.880. The van der Waals surface area contributed by atoms with Crippen LogP contribution in [0.5, 0.6) is 0 Å². The lowest BCUT2D eigenvalue weighted by Crippen LogP contribution is -2.40. The molecule has 2 aliphatic heterocycles. The van der Waals surface area contributed by atoms with Gasteiger partial charge >= 0.3 is 0 Å². The van der Waals surface area contributed by atoms with Crippen LogP contribution in [0.3, 0.4) is 0 Å². The Morgan fingerprint density at radius 1 is 1.28 bits per heavy atom. The summed E-state index contributed by atoms with van der Waals surface area (Å²) in [5.74, 6) is -0.171. The summed E-state index contributed by atoms with van der Waals surface area (Å²) in [7, 11) is 0. The summed E-state index contributed by atoms with van der Waals surface area (Å²) in [5, 5.41) is 2.85. The number of hydrogen-bond acceptors (Lipinski definition) is 2. The number of carbonyl (C=O) groups excluding carboxylic acids is 2. The van der Waals surface area contributed by atoms with Gasteiger partial charge in [0.05, 0.1) is 11.3 Å². The van der Waals surface area contributed by atoms with Gasteiger partial charge in [-0.3, -0.25) is 9.59 Å². The number of nitrogens with zero attached hydrogens (tertiary/aromatic N) is 1. The van der Waals surface area contributed by atoms with E-state index in [0.29, 0.717) is 17.8 Å². The number of halogens is 2. The molecule has 0 aromatic heterocycles. The third-order valence-corrected chi connectivity index (χ3v) is 4.43. The van der Waals surface area contributed by atoms with Crippen LogP contribution in [0, 0.1) is 0 Å². The molecule has 1 saturated heterocycles. The Bertz CT molecular complexity index is 559. The maximum Gasteiger partial charge on any atom is 0.256 e. The normalized spacial score (nSPS) is 22.3. The summed E-state index contributed by atoms with van der Waals surface area (Å²) in [4.78, 5) is 26.2. The van der Waals surface area contributed by atoms with Crippen molar-refractivity contribution in [1.82, 2.24) is 4.90 Å². The lowest BCUT2D eigenvalue weighted by molar-refractivity contribution is -0.119. The van der Waals surface area contributed by atoms with E-state index >= 15 is 0 Å². The second kappa shape index (κ2) is 4.35. The van der Waals surface area contributed by atoms with E-state index in [1.54, 1.807) is 11.0 Å². The van der Waals surface area contributed by atoms with Gasteiger partial charge in [0.25, 0.3) is 5.91 Å². The number of rotatable bonds is 0. The maximum atomic E-state index is 12.5. The van der Waals surface area contributed by atoms with E-state index in [2.05, 4.69) is 37.2 Å². The quantitative estimate of drug-likeness (QED) is 0.760. The summed E-state index contributed by atoms with van der Waals surface area (Å²) < 4.78 is 1.53. The molecular weight excluding hydrogens is 364 g/mol. The molecule has 3 rings (SSSR count). The van der Waals surface area contributed by atoms with E-state index in [1.807, 2.05) is 6.07 Å². The number of carbonyl (C=O) groups is 2. The van der Waals surface area contributed by atoms with E-state index in [-0.39, 0.29) is 17.9 Å². The topological polar surface area (TPSA) is 49.4 Å². The molecule has 2 aliphatic rings. The highest BCUT2D eigenvalue weighted by molar-refractivity contribution is 9.11. The molecule has 4 nitrogen and oxygen atoms in total. The first kappa shape index (κ1) is 12.2. The lowest BCUT2D eigenvalue weighted by atomic mass is 10.1. The van der Waals surface area contributed by atoms with Gasteiger partial charge in [-0.1, -0.05) is 15.9 Å². The molecule has 18 heavy (non-hydrogen) atoms. The van der Waals surface area contributed by atoms with Gasteiger partial charge in [0.2, 0.25) is 5.91 Å². The van der Waals surface area contributed by atoms with Crippen LogP contribution in [0.4, 0.5) is 5.69 Å². The second-order valence-electron chi connectivity index (χ2n) is 4.46. The lowest BCUT2D eigenvalue weighted by Gasteiger charge is -2.19. The van der Waals surface area contributed by atoms with Gasteiger partial charge < -0.3 is 10.2 Å².